The molecule has 0 spiro atoms. The van der Waals surface area contributed by atoms with Crippen molar-refractivity contribution < 1.29 is 23.9 Å². The van der Waals surface area contributed by atoms with Crippen LogP contribution in [0, 0.1) is 0 Å². The highest BCUT2D eigenvalue weighted by Gasteiger charge is 2.36. The van der Waals surface area contributed by atoms with Gasteiger partial charge in [0, 0.05) is 35.1 Å². The summed E-state index contributed by atoms with van der Waals surface area (Å²) < 4.78 is 9.39. The fourth-order valence-corrected chi connectivity index (χ4v) is 4.03. The number of H-pyrrole nitrogens is 1. The van der Waals surface area contributed by atoms with Gasteiger partial charge in [0.1, 0.15) is 12.1 Å². The Morgan fingerprint density at radius 1 is 1.29 bits per heavy atom. The number of ether oxygens (including phenoxy) is 2. The first-order valence-electron chi connectivity index (χ1n) is 9.54. The van der Waals surface area contributed by atoms with Crippen molar-refractivity contribution in [3.63, 3.8) is 0 Å². The minimum absolute atomic E-state index is 0.0406. The summed E-state index contributed by atoms with van der Waals surface area (Å²) in [5.41, 5.74) is 2.21. The van der Waals surface area contributed by atoms with Crippen LogP contribution in [0.15, 0.2) is 24.5 Å². The summed E-state index contributed by atoms with van der Waals surface area (Å²) in [5, 5.41) is 3.53. The van der Waals surface area contributed by atoms with Crippen LogP contribution >= 0.6 is 23.2 Å². The monoisotopic (exact) mass is 468 g/mol. The molecule has 0 unspecified atom stereocenters. The average molecular weight is 469 g/mol. The molecular formula is C20H22Cl2N4O5. The van der Waals surface area contributed by atoms with Crippen molar-refractivity contribution in [3.05, 3.63) is 51.5 Å². The number of urea groups is 1. The molecule has 2 amide bonds. The molecule has 1 aromatic heterocycles. The quantitative estimate of drug-likeness (QED) is 0.629. The number of esters is 2. The molecule has 0 saturated heterocycles. The number of hydrogen-bond acceptors (Lipinski definition) is 6. The number of amides is 2. The van der Waals surface area contributed by atoms with Gasteiger partial charge in [-0.3, -0.25) is 4.79 Å². The number of halogens is 2. The van der Waals surface area contributed by atoms with E-state index in [0.29, 0.717) is 34.3 Å². The number of aromatic nitrogens is 2. The lowest BCUT2D eigenvalue weighted by Gasteiger charge is -2.36. The van der Waals surface area contributed by atoms with Crippen LogP contribution in [0.5, 0.6) is 0 Å². The highest BCUT2D eigenvalue weighted by atomic mass is 35.5. The molecule has 166 valence electrons. The largest absolute Gasteiger partial charge is 0.469 e. The van der Waals surface area contributed by atoms with Gasteiger partial charge in [-0.15, -0.1) is 0 Å². The number of benzene rings is 1. The number of carbonyl (C=O) groups excluding carboxylic acids is 3. The maximum atomic E-state index is 13.2. The molecule has 0 bridgehead atoms. The van der Waals surface area contributed by atoms with Crippen molar-refractivity contribution >= 4 is 41.2 Å². The molecule has 2 atom stereocenters. The van der Waals surface area contributed by atoms with Gasteiger partial charge in [-0.25, -0.2) is 14.6 Å². The number of rotatable bonds is 6. The van der Waals surface area contributed by atoms with E-state index < -0.39 is 30.1 Å². The van der Waals surface area contributed by atoms with Gasteiger partial charge < -0.3 is 24.7 Å². The van der Waals surface area contributed by atoms with Gasteiger partial charge >= 0.3 is 18.0 Å². The molecule has 1 aliphatic heterocycles. The third-order valence-corrected chi connectivity index (χ3v) is 5.65. The molecule has 11 heteroatoms. The number of hydrogen-bond donors (Lipinski definition) is 2. The number of carbonyl (C=O) groups is 3. The summed E-state index contributed by atoms with van der Waals surface area (Å²) >= 11 is 12.5. The molecule has 2 N–H and O–H groups in total. The van der Waals surface area contributed by atoms with Crippen LogP contribution in [0.2, 0.25) is 10.0 Å². The first-order chi connectivity index (χ1) is 14.8. The molecule has 9 nitrogen and oxygen atoms in total. The van der Waals surface area contributed by atoms with Gasteiger partial charge in [0.25, 0.3) is 0 Å². The summed E-state index contributed by atoms with van der Waals surface area (Å²) in [6.45, 7) is 0.357. The van der Waals surface area contributed by atoms with E-state index in [9.17, 15) is 14.4 Å². The van der Waals surface area contributed by atoms with Crippen LogP contribution in [0.4, 0.5) is 4.79 Å². The topological polar surface area (TPSA) is 114 Å². The second-order valence-electron chi connectivity index (χ2n) is 6.92. The summed E-state index contributed by atoms with van der Waals surface area (Å²) in [6.07, 6.45) is 2.11. The SMILES string of the molecule is COC(=O)CC[C@H](NC(=O)N1CCc2[nH]cnc2[C@@H]1c1ccc(Cl)cc1Cl)C(=O)OC. The smallest absolute Gasteiger partial charge is 0.328 e. The first kappa shape index (κ1) is 22.9. The van der Waals surface area contributed by atoms with E-state index in [1.54, 1.807) is 29.4 Å². The highest BCUT2D eigenvalue weighted by molar-refractivity contribution is 6.35. The van der Waals surface area contributed by atoms with E-state index in [-0.39, 0.29) is 12.8 Å². The Kier molecular flexibility index (Phi) is 7.40. The maximum absolute atomic E-state index is 13.2. The molecule has 2 aromatic rings. The minimum Gasteiger partial charge on any atom is -0.469 e. The van der Waals surface area contributed by atoms with Gasteiger partial charge in [0.2, 0.25) is 0 Å². The van der Waals surface area contributed by atoms with Crippen LogP contribution in [-0.2, 0) is 25.5 Å². The molecule has 31 heavy (non-hydrogen) atoms. The normalized spacial score (nSPS) is 16.3. The van der Waals surface area contributed by atoms with Crippen molar-refractivity contribution in [1.29, 1.82) is 0 Å². The van der Waals surface area contributed by atoms with E-state index in [0.717, 1.165) is 5.69 Å². The fourth-order valence-electron chi connectivity index (χ4n) is 3.52. The zero-order valence-corrected chi connectivity index (χ0v) is 18.5. The second kappa shape index (κ2) is 10.0. The predicted octanol–water partition coefficient (Wildman–Crippen LogP) is 2.87. The molecule has 1 aromatic carbocycles. The van der Waals surface area contributed by atoms with E-state index in [1.807, 2.05) is 0 Å². The van der Waals surface area contributed by atoms with Crippen LogP contribution in [0.3, 0.4) is 0 Å². The Balaban J connectivity index is 1.88. The van der Waals surface area contributed by atoms with E-state index in [1.165, 1.54) is 14.2 Å². The Labute approximate surface area is 189 Å². The van der Waals surface area contributed by atoms with Crippen LogP contribution < -0.4 is 5.32 Å². The van der Waals surface area contributed by atoms with Crippen LogP contribution in [0.1, 0.15) is 35.8 Å². The molecular weight excluding hydrogens is 447 g/mol. The number of nitrogens with one attached hydrogen (secondary N) is 2. The Bertz CT molecular complexity index is 980. The summed E-state index contributed by atoms with van der Waals surface area (Å²) in [7, 11) is 2.47. The third-order valence-electron chi connectivity index (χ3n) is 5.09. The molecule has 1 aliphatic rings. The van der Waals surface area contributed by atoms with Gasteiger partial charge in [-0.05, 0) is 24.1 Å². The van der Waals surface area contributed by atoms with E-state index in [2.05, 4.69) is 20.0 Å². The third kappa shape index (κ3) is 5.11. The van der Waals surface area contributed by atoms with Gasteiger partial charge in [0.15, 0.2) is 0 Å². The second-order valence-corrected chi connectivity index (χ2v) is 7.76. The van der Waals surface area contributed by atoms with Crippen molar-refractivity contribution in [1.82, 2.24) is 20.2 Å². The molecule has 2 heterocycles. The number of nitrogens with zero attached hydrogens (tertiary/aromatic N) is 2. The summed E-state index contributed by atoms with van der Waals surface area (Å²) in [4.78, 5) is 45.9. The van der Waals surface area contributed by atoms with E-state index in [4.69, 9.17) is 27.9 Å². The fraction of sp³-hybridized carbons (Fsp3) is 0.400. The first-order valence-corrected chi connectivity index (χ1v) is 10.3. The van der Waals surface area contributed by atoms with Gasteiger partial charge in [-0.1, -0.05) is 29.3 Å². The lowest BCUT2D eigenvalue weighted by atomic mass is 9.96. The van der Waals surface area contributed by atoms with Crippen molar-refractivity contribution in [2.75, 3.05) is 20.8 Å². The molecule has 0 fully saturated rings. The number of methoxy groups -OCH3 is 2. The van der Waals surface area contributed by atoms with Crippen molar-refractivity contribution in [2.45, 2.75) is 31.3 Å². The molecule has 3 rings (SSSR count). The molecule has 0 aliphatic carbocycles. The van der Waals surface area contributed by atoms with Crippen molar-refractivity contribution in [2.24, 2.45) is 0 Å². The lowest BCUT2D eigenvalue weighted by Crippen LogP contribution is -2.51. The zero-order chi connectivity index (χ0) is 22.5. The van der Waals surface area contributed by atoms with Crippen molar-refractivity contribution in [3.8, 4) is 0 Å². The minimum atomic E-state index is -1.02. The summed E-state index contributed by atoms with van der Waals surface area (Å²) in [5.74, 6) is -1.15. The summed E-state index contributed by atoms with van der Waals surface area (Å²) in [6, 6.07) is 2.92. The Morgan fingerprint density at radius 3 is 2.74 bits per heavy atom. The average Bonchev–Trinajstić information content (AvgIpc) is 3.24. The Hall–Kier alpha value is -2.78. The molecule has 0 radical (unpaired) electrons. The van der Waals surface area contributed by atoms with Crippen LogP contribution in [-0.4, -0.2) is 59.6 Å². The zero-order valence-electron chi connectivity index (χ0n) is 17.0. The molecule has 0 saturated carbocycles. The standard InChI is InChI=1S/C20H22Cl2N4O5/c1-30-16(27)6-5-15(19(28)31-2)25-20(29)26-8-7-14-17(24-10-23-14)18(26)12-4-3-11(21)9-13(12)22/h3-4,9-10,15,18H,5-8H2,1-2H3,(H,23,24)(H,25,29)/t15-,18-/m0/s1. The predicted molar refractivity (Wildman–Crippen MR) is 113 cm³/mol. The highest BCUT2D eigenvalue weighted by Crippen LogP contribution is 2.37. The van der Waals surface area contributed by atoms with Gasteiger partial charge in [0.05, 0.1) is 26.2 Å². The maximum Gasteiger partial charge on any atom is 0.328 e. The van der Waals surface area contributed by atoms with Crippen LogP contribution in [0.25, 0.3) is 0 Å². The van der Waals surface area contributed by atoms with E-state index >= 15 is 0 Å². The Morgan fingerprint density at radius 2 is 2.06 bits per heavy atom. The lowest BCUT2D eigenvalue weighted by molar-refractivity contribution is -0.144. The number of imidazole rings is 1. The number of fused-ring (bicyclic) bond motifs is 1. The van der Waals surface area contributed by atoms with Gasteiger partial charge in [-0.2, -0.15) is 0 Å². The number of aromatic amines is 1.